The number of carbonyl (C=O) groups is 1. The Morgan fingerprint density at radius 3 is 2.67 bits per heavy atom. The smallest absolute Gasteiger partial charge is 0.272 e. The SMILES string of the molecule is Cn1/c(=N/NC(=O)c2ccccc2Cl)sc2ccccc21. The summed E-state index contributed by atoms with van der Waals surface area (Å²) in [5, 5.41) is 4.59. The molecule has 106 valence electrons. The number of amides is 1. The summed E-state index contributed by atoms with van der Waals surface area (Å²) in [4.78, 5) is 12.8. The fourth-order valence-corrected chi connectivity index (χ4v) is 3.19. The number of carbonyl (C=O) groups excluding carboxylic acids is 1. The van der Waals surface area contributed by atoms with Gasteiger partial charge in [0.15, 0.2) is 0 Å². The zero-order valence-corrected chi connectivity index (χ0v) is 12.8. The van der Waals surface area contributed by atoms with Gasteiger partial charge in [-0.3, -0.25) is 4.79 Å². The molecule has 0 atom stereocenters. The number of rotatable bonds is 2. The Kier molecular flexibility index (Phi) is 3.77. The van der Waals surface area contributed by atoms with Crippen LogP contribution in [0.15, 0.2) is 53.6 Å². The number of aromatic nitrogens is 1. The molecule has 0 aliphatic rings. The van der Waals surface area contributed by atoms with E-state index in [2.05, 4.69) is 10.5 Å². The molecule has 0 aliphatic heterocycles. The third-order valence-electron chi connectivity index (χ3n) is 3.09. The highest BCUT2D eigenvalue weighted by Gasteiger charge is 2.08. The van der Waals surface area contributed by atoms with E-state index in [4.69, 9.17) is 11.6 Å². The molecule has 1 heterocycles. The normalized spacial score (nSPS) is 11.8. The molecule has 6 heteroatoms. The van der Waals surface area contributed by atoms with Crippen LogP contribution in [-0.4, -0.2) is 10.5 Å². The molecular formula is C15H12ClN3OS. The van der Waals surface area contributed by atoms with Crippen LogP contribution < -0.4 is 10.2 Å². The summed E-state index contributed by atoms with van der Waals surface area (Å²) in [6.07, 6.45) is 0. The predicted molar refractivity (Wildman–Crippen MR) is 85.3 cm³/mol. The summed E-state index contributed by atoms with van der Waals surface area (Å²) in [7, 11) is 1.92. The highest BCUT2D eigenvalue weighted by molar-refractivity contribution is 7.16. The van der Waals surface area contributed by atoms with Crippen molar-refractivity contribution in [2.24, 2.45) is 12.1 Å². The van der Waals surface area contributed by atoms with E-state index >= 15 is 0 Å². The minimum absolute atomic E-state index is 0.321. The van der Waals surface area contributed by atoms with Crippen LogP contribution in [0.4, 0.5) is 0 Å². The first kappa shape index (κ1) is 13.9. The highest BCUT2D eigenvalue weighted by atomic mass is 35.5. The van der Waals surface area contributed by atoms with Crippen LogP contribution in [0.2, 0.25) is 5.02 Å². The van der Waals surface area contributed by atoms with E-state index in [1.807, 2.05) is 35.9 Å². The van der Waals surface area contributed by atoms with Crippen LogP contribution in [0.3, 0.4) is 0 Å². The van der Waals surface area contributed by atoms with Gasteiger partial charge in [-0.15, -0.1) is 5.10 Å². The van der Waals surface area contributed by atoms with Crippen molar-refractivity contribution in [3.05, 3.63) is 63.9 Å². The Balaban J connectivity index is 1.93. The first-order valence-electron chi connectivity index (χ1n) is 6.30. The minimum Gasteiger partial charge on any atom is -0.318 e. The second-order valence-corrected chi connectivity index (χ2v) is 5.86. The lowest BCUT2D eigenvalue weighted by atomic mass is 10.2. The number of halogens is 1. The lowest BCUT2D eigenvalue weighted by molar-refractivity contribution is 0.0953. The van der Waals surface area contributed by atoms with Crippen molar-refractivity contribution in [2.45, 2.75) is 0 Å². The third-order valence-corrected chi connectivity index (χ3v) is 4.53. The Bertz CT molecular complexity index is 882. The topological polar surface area (TPSA) is 46.4 Å². The first-order chi connectivity index (χ1) is 10.2. The molecule has 3 rings (SSSR count). The Hall–Kier alpha value is -2.11. The molecular weight excluding hydrogens is 306 g/mol. The average Bonchev–Trinajstić information content (AvgIpc) is 2.82. The van der Waals surface area contributed by atoms with Gasteiger partial charge in [-0.1, -0.05) is 47.2 Å². The van der Waals surface area contributed by atoms with E-state index in [1.54, 1.807) is 24.3 Å². The molecule has 0 saturated heterocycles. The maximum absolute atomic E-state index is 12.1. The van der Waals surface area contributed by atoms with Crippen LogP contribution in [0.5, 0.6) is 0 Å². The van der Waals surface area contributed by atoms with Crippen molar-refractivity contribution < 1.29 is 4.79 Å². The summed E-state index contributed by atoms with van der Waals surface area (Å²) in [5.41, 5.74) is 4.04. The van der Waals surface area contributed by atoms with Crippen LogP contribution in [0.25, 0.3) is 10.2 Å². The van der Waals surface area contributed by atoms with E-state index < -0.39 is 0 Å². The van der Waals surface area contributed by atoms with E-state index in [0.29, 0.717) is 10.6 Å². The Morgan fingerprint density at radius 2 is 1.90 bits per heavy atom. The standard InChI is InChI=1S/C15H12ClN3OS/c1-19-12-8-4-5-9-13(12)21-15(19)18-17-14(20)10-6-2-3-7-11(10)16/h2-9H,1H3,(H,17,20)/b18-15-. The molecule has 2 aromatic carbocycles. The van der Waals surface area contributed by atoms with Crippen molar-refractivity contribution in [3.8, 4) is 0 Å². The van der Waals surface area contributed by atoms with Crippen LogP contribution in [0, 0.1) is 0 Å². The van der Waals surface area contributed by atoms with Gasteiger partial charge in [0.1, 0.15) is 0 Å². The van der Waals surface area contributed by atoms with Crippen molar-refractivity contribution in [2.75, 3.05) is 0 Å². The van der Waals surface area contributed by atoms with Crippen LogP contribution >= 0.6 is 22.9 Å². The molecule has 0 unspecified atom stereocenters. The number of hydrogen-bond donors (Lipinski definition) is 1. The zero-order valence-electron chi connectivity index (χ0n) is 11.2. The molecule has 0 bridgehead atoms. The van der Waals surface area contributed by atoms with Crippen molar-refractivity contribution >= 4 is 39.1 Å². The van der Waals surface area contributed by atoms with Gasteiger partial charge in [0.25, 0.3) is 5.91 Å². The molecule has 0 fully saturated rings. The summed E-state index contributed by atoms with van der Waals surface area (Å²) in [6.45, 7) is 0. The molecule has 4 nitrogen and oxygen atoms in total. The van der Waals surface area contributed by atoms with Gasteiger partial charge in [0.05, 0.1) is 20.8 Å². The van der Waals surface area contributed by atoms with Gasteiger partial charge in [0, 0.05) is 7.05 Å². The number of hydrogen-bond acceptors (Lipinski definition) is 3. The number of benzene rings is 2. The van der Waals surface area contributed by atoms with E-state index in [0.717, 1.165) is 15.0 Å². The molecule has 0 radical (unpaired) electrons. The minimum atomic E-state index is -0.321. The summed E-state index contributed by atoms with van der Waals surface area (Å²) >= 11 is 7.51. The van der Waals surface area contributed by atoms with Gasteiger partial charge in [-0.2, -0.15) is 0 Å². The fourth-order valence-electron chi connectivity index (χ4n) is 1.99. The summed E-state index contributed by atoms with van der Waals surface area (Å²) in [5.74, 6) is -0.321. The second kappa shape index (κ2) is 5.71. The summed E-state index contributed by atoms with van der Waals surface area (Å²) < 4.78 is 3.05. The van der Waals surface area contributed by atoms with Crippen LogP contribution in [-0.2, 0) is 7.05 Å². The zero-order chi connectivity index (χ0) is 14.8. The number of nitrogens with zero attached hydrogens (tertiary/aromatic N) is 2. The molecule has 1 amide bonds. The van der Waals surface area contributed by atoms with Crippen molar-refractivity contribution in [1.82, 2.24) is 9.99 Å². The predicted octanol–water partition coefficient (Wildman–Crippen LogP) is 3.14. The van der Waals surface area contributed by atoms with Gasteiger partial charge < -0.3 is 4.57 Å². The van der Waals surface area contributed by atoms with Gasteiger partial charge >= 0.3 is 0 Å². The number of para-hydroxylation sites is 1. The molecule has 21 heavy (non-hydrogen) atoms. The molecule has 0 saturated carbocycles. The van der Waals surface area contributed by atoms with Crippen LogP contribution in [0.1, 0.15) is 10.4 Å². The maximum atomic E-state index is 12.1. The quantitative estimate of drug-likeness (QED) is 0.725. The largest absolute Gasteiger partial charge is 0.318 e. The second-order valence-electron chi connectivity index (χ2n) is 4.44. The molecule has 0 aliphatic carbocycles. The molecule has 1 aromatic heterocycles. The highest BCUT2D eigenvalue weighted by Crippen LogP contribution is 2.16. The van der Waals surface area contributed by atoms with Crippen molar-refractivity contribution in [3.63, 3.8) is 0 Å². The maximum Gasteiger partial charge on any atom is 0.272 e. The number of nitrogens with one attached hydrogen (secondary N) is 1. The first-order valence-corrected chi connectivity index (χ1v) is 7.49. The van der Waals surface area contributed by atoms with E-state index in [-0.39, 0.29) is 5.91 Å². The number of aryl methyl sites for hydroxylation is 1. The number of fused-ring (bicyclic) bond motifs is 1. The molecule has 3 aromatic rings. The van der Waals surface area contributed by atoms with Gasteiger partial charge in [0.2, 0.25) is 4.80 Å². The molecule has 0 spiro atoms. The van der Waals surface area contributed by atoms with Crippen molar-refractivity contribution in [1.29, 1.82) is 0 Å². The Labute approximate surface area is 130 Å². The molecule has 1 N–H and O–H groups in total. The van der Waals surface area contributed by atoms with E-state index in [1.165, 1.54) is 11.3 Å². The fraction of sp³-hybridized carbons (Fsp3) is 0.0667. The van der Waals surface area contributed by atoms with Gasteiger partial charge in [-0.25, -0.2) is 5.43 Å². The monoisotopic (exact) mass is 317 g/mol. The number of thiazole rings is 1. The lowest BCUT2D eigenvalue weighted by Gasteiger charge is -2.01. The third kappa shape index (κ3) is 2.70. The Morgan fingerprint density at radius 1 is 1.19 bits per heavy atom. The average molecular weight is 318 g/mol. The van der Waals surface area contributed by atoms with Gasteiger partial charge in [-0.05, 0) is 24.3 Å². The van der Waals surface area contributed by atoms with E-state index in [9.17, 15) is 4.79 Å². The lowest BCUT2D eigenvalue weighted by Crippen LogP contribution is -2.23. The summed E-state index contributed by atoms with van der Waals surface area (Å²) in [6, 6.07) is 14.9.